The monoisotopic (exact) mass is 239 g/mol. The number of nitrogens with two attached hydrogens (primary N) is 1. The second kappa shape index (κ2) is 4.72. The molecule has 0 saturated heterocycles. The summed E-state index contributed by atoms with van der Waals surface area (Å²) in [6.45, 7) is 0. The van der Waals surface area contributed by atoms with E-state index in [9.17, 15) is 13.2 Å². The van der Waals surface area contributed by atoms with Crippen molar-refractivity contribution in [2.75, 3.05) is 7.11 Å². The van der Waals surface area contributed by atoms with Crippen molar-refractivity contribution in [1.82, 2.24) is 0 Å². The fourth-order valence-electron chi connectivity index (χ4n) is 1.16. The van der Waals surface area contributed by atoms with Crippen LogP contribution in [-0.2, 0) is 0 Å². The number of methoxy groups -OCH3 is 1. The van der Waals surface area contributed by atoms with Gasteiger partial charge in [-0.2, -0.15) is 0 Å². The van der Waals surface area contributed by atoms with E-state index in [2.05, 4.69) is 0 Å². The van der Waals surface area contributed by atoms with Crippen molar-refractivity contribution in [2.45, 2.75) is 12.5 Å². The van der Waals surface area contributed by atoms with E-state index in [1.807, 2.05) is 0 Å². The Bertz CT molecular complexity index is 359. The summed E-state index contributed by atoms with van der Waals surface area (Å²) >= 11 is 5.55. The van der Waals surface area contributed by atoms with Gasteiger partial charge in [-0.1, -0.05) is 11.6 Å². The molecule has 0 saturated carbocycles. The fraction of sp³-hybridized carbons (Fsp3) is 0.333. The molecule has 2 N–H and O–H groups in total. The molecule has 0 aliphatic heterocycles. The number of hydrogen-bond donors (Lipinski definition) is 1. The predicted octanol–water partition coefficient (Wildman–Crippen LogP) is 2.75. The summed E-state index contributed by atoms with van der Waals surface area (Å²) in [4.78, 5) is 0. The molecular formula is C9H9ClF3NO. The third kappa shape index (κ3) is 2.35. The SMILES string of the molecule is COc1ccc(F)c(Cl)c1C(N)C(F)F. The van der Waals surface area contributed by atoms with Crippen molar-refractivity contribution < 1.29 is 17.9 Å². The predicted molar refractivity (Wildman–Crippen MR) is 50.9 cm³/mol. The van der Waals surface area contributed by atoms with E-state index in [1.54, 1.807) is 0 Å². The van der Waals surface area contributed by atoms with Crippen LogP contribution >= 0.6 is 11.6 Å². The van der Waals surface area contributed by atoms with Gasteiger partial charge in [0, 0.05) is 5.56 Å². The molecule has 0 amide bonds. The molecule has 0 aromatic heterocycles. The van der Waals surface area contributed by atoms with Gasteiger partial charge in [0.25, 0.3) is 6.43 Å². The zero-order valence-corrected chi connectivity index (χ0v) is 8.56. The van der Waals surface area contributed by atoms with E-state index in [4.69, 9.17) is 22.1 Å². The molecule has 1 unspecified atom stereocenters. The van der Waals surface area contributed by atoms with Gasteiger partial charge in [-0.3, -0.25) is 0 Å². The first-order chi connectivity index (χ1) is 6.99. The molecule has 0 fully saturated rings. The summed E-state index contributed by atoms with van der Waals surface area (Å²) in [5, 5.41) is -0.429. The number of hydrogen-bond acceptors (Lipinski definition) is 2. The average molecular weight is 240 g/mol. The quantitative estimate of drug-likeness (QED) is 0.880. The Labute approximate surface area is 89.8 Å². The van der Waals surface area contributed by atoms with E-state index in [0.717, 1.165) is 6.07 Å². The summed E-state index contributed by atoms with van der Waals surface area (Å²) in [6.07, 6.45) is -2.84. The van der Waals surface area contributed by atoms with E-state index >= 15 is 0 Å². The number of alkyl halides is 2. The maximum Gasteiger partial charge on any atom is 0.257 e. The maximum absolute atomic E-state index is 13.0. The maximum atomic E-state index is 13.0. The second-order valence-electron chi connectivity index (χ2n) is 2.84. The molecule has 6 heteroatoms. The van der Waals surface area contributed by atoms with Crippen molar-refractivity contribution >= 4 is 11.6 Å². The highest BCUT2D eigenvalue weighted by atomic mass is 35.5. The standard InChI is InChI=1S/C9H9ClF3NO/c1-15-5-3-2-4(11)7(10)6(5)8(14)9(12)13/h2-3,8-9H,14H2,1H3. The lowest BCUT2D eigenvalue weighted by Gasteiger charge is -2.16. The van der Waals surface area contributed by atoms with Crippen LogP contribution in [0.4, 0.5) is 13.2 Å². The lowest BCUT2D eigenvalue weighted by Crippen LogP contribution is -2.20. The molecule has 0 aliphatic carbocycles. The number of benzene rings is 1. The molecule has 1 rings (SSSR count). The van der Waals surface area contributed by atoms with Gasteiger partial charge in [0.2, 0.25) is 0 Å². The molecule has 84 valence electrons. The highest BCUT2D eigenvalue weighted by Gasteiger charge is 2.25. The normalized spacial score (nSPS) is 13.0. The Morgan fingerprint density at radius 1 is 1.40 bits per heavy atom. The lowest BCUT2D eigenvalue weighted by atomic mass is 10.1. The smallest absolute Gasteiger partial charge is 0.257 e. The van der Waals surface area contributed by atoms with Crippen LogP contribution in [0.1, 0.15) is 11.6 Å². The lowest BCUT2D eigenvalue weighted by molar-refractivity contribution is 0.115. The number of ether oxygens (including phenoxy) is 1. The Kier molecular flexibility index (Phi) is 3.82. The third-order valence-corrected chi connectivity index (χ3v) is 2.30. The molecule has 0 spiro atoms. The molecular weight excluding hydrogens is 231 g/mol. The van der Waals surface area contributed by atoms with E-state index in [0.29, 0.717) is 0 Å². The largest absolute Gasteiger partial charge is 0.496 e. The molecule has 1 atom stereocenters. The molecule has 1 aromatic rings. The third-order valence-electron chi connectivity index (χ3n) is 1.92. The van der Waals surface area contributed by atoms with E-state index < -0.39 is 23.3 Å². The molecule has 2 nitrogen and oxygen atoms in total. The van der Waals surface area contributed by atoms with Gasteiger partial charge in [-0.05, 0) is 12.1 Å². The fourth-order valence-corrected chi connectivity index (χ4v) is 1.45. The van der Waals surface area contributed by atoms with Crippen LogP contribution in [-0.4, -0.2) is 13.5 Å². The Balaban J connectivity index is 3.29. The summed E-state index contributed by atoms with van der Waals surface area (Å²) in [5.41, 5.74) is 4.99. The van der Waals surface area contributed by atoms with Gasteiger partial charge < -0.3 is 10.5 Å². The van der Waals surface area contributed by atoms with Crippen molar-refractivity contribution in [3.05, 3.63) is 28.5 Å². The highest BCUT2D eigenvalue weighted by molar-refractivity contribution is 6.31. The zero-order valence-electron chi connectivity index (χ0n) is 7.81. The van der Waals surface area contributed by atoms with Gasteiger partial charge in [0.1, 0.15) is 11.6 Å². The van der Waals surface area contributed by atoms with Gasteiger partial charge in [-0.15, -0.1) is 0 Å². The summed E-state index contributed by atoms with van der Waals surface area (Å²) < 4.78 is 42.6. The van der Waals surface area contributed by atoms with E-state index in [1.165, 1.54) is 13.2 Å². The molecule has 0 heterocycles. The first-order valence-electron chi connectivity index (χ1n) is 4.04. The molecule has 0 aliphatic rings. The highest BCUT2D eigenvalue weighted by Crippen LogP contribution is 2.35. The summed E-state index contributed by atoms with van der Waals surface area (Å²) in [6, 6.07) is 0.574. The van der Waals surface area contributed by atoms with Gasteiger partial charge in [0.05, 0.1) is 18.2 Å². The second-order valence-corrected chi connectivity index (χ2v) is 3.22. The molecule has 0 radical (unpaired) electrons. The Morgan fingerprint density at radius 2 is 2.00 bits per heavy atom. The topological polar surface area (TPSA) is 35.2 Å². The Morgan fingerprint density at radius 3 is 2.47 bits per heavy atom. The van der Waals surface area contributed by atoms with Crippen LogP contribution < -0.4 is 10.5 Å². The van der Waals surface area contributed by atoms with Crippen molar-refractivity contribution in [2.24, 2.45) is 5.73 Å². The average Bonchev–Trinajstić information content (AvgIpc) is 2.20. The summed E-state index contributed by atoms with van der Waals surface area (Å²) in [5.74, 6) is -0.752. The molecule has 0 bridgehead atoms. The zero-order chi connectivity index (χ0) is 11.6. The minimum absolute atomic E-state index is 0.0502. The first kappa shape index (κ1) is 12.1. The van der Waals surface area contributed by atoms with E-state index in [-0.39, 0.29) is 11.3 Å². The van der Waals surface area contributed by atoms with Crippen molar-refractivity contribution in [1.29, 1.82) is 0 Å². The van der Waals surface area contributed by atoms with Crippen molar-refractivity contribution in [3.8, 4) is 5.75 Å². The van der Waals surface area contributed by atoms with Gasteiger partial charge in [-0.25, -0.2) is 13.2 Å². The van der Waals surface area contributed by atoms with Crippen LogP contribution in [0.25, 0.3) is 0 Å². The minimum Gasteiger partial charge on any atom is -0.496 e. The van der Waals surface area contributed by atoms with Crippen LogP contribution in [0.3, 0.4) is 0 Å². The summed E-state index contributed by atoms with van der Waals surface area (Å²) in [7, 11) is 1.27. The van der Waals surface area contributed by atoms with Crippen LogP contribution in [0.15, 0.2) is 12.1 Å². The van der Waals surface area contributed by atoms with Gasteiger partial charge >= 0.3 is 0 Å². The molecule has 15 heavy (non-hydrogen) atoms. The number of halogens is 4. The first-order valence-corrected chi connectivity index (χ1v) is 4.42. The van der Waals surface area contributed by atoms with Crippen LogP contribution in [0.5, 0.6) is 5.75 Å². The van der Waals surface area contributed by atoms with Crippen LogP contribution in [0.2, 0.25) is 5.02 Å². The molecule has 1 aromatic carbocycles. The van der Waals surface area contributed by atoms with Gasteiger partial charge in [0.15, 0.2) is 0 Å². The van der Waals surface area contributed by atoms with Crippen molar-refractivity contribution in [3.63, 3.8) is 0 Å². The number of rotatable bonds is 3. The minimum atomic E-state index is -2.84. The van der Waals surface area contributed by atoms with Crippen LogP contribution in [0, 0.1) is 5.82 Å². The Hall–Kier alpha value is -0.940.